The molecule has 204 valence electrons. The highest BCUT2D eigenvalue weighted by atomic mass is 16.2. The fourth-order valence-electron chi connectivity index (χ4n) is 6.24. The highest BCUT2D eigenvalue weighted by molar-refractivity contribution is 5.81. The van der Waals surface area contributed by atoms with Crippen LogP contribution in [0.3, 0.4) is 0 Å². The highest BCUT2D eigenvalue weighted by Gasteiger charge is 2.37. The summed E-state index contributed by atoms with van der Waals surface area (Å²) in [4.78, 5) is 31.3. The molecule has 9 heteroatoms. The zero-order valence-electron chi connectivity index (χ0n) is 23.0. The SMILES string of the molecule is CCCCc1cn(C2C(CC)CCCC2C(C)=O)c(=O)n1Cc1cnccc1-c1ccccc1-c1nn[nH]n1. The minimum Gasteiger partial charge on any atom is -0.300 e. The maximum absolute atomic E-state index is 14.1. The summed E-state index contributed by atoms with van der Waals surface area (Å²) < 4.78 is 3.79. The molecule has 1 saturated carbocycles. The van der Waals surface area contributed by atoms with Crippen molar-refractivity contribution in [3.8, 4) is 22.5 Å². The van der Waals surface area contributed by atoms with Gasteiger partial charge in [-0.2, -0.15) is 5.21 Å². The number of tetrazole rings is 1. The number of hydrogen-bond donors (Lipinski definition) is 1. The Morgan fingerprint density at radius 1 is 1.10 bits per heavy atom. The van der Waals surface area contributed by atoms with Crippen molar-refractivity contribution >= 4 is 5.78 Å². The normalized spacial score (nSPS) is 19.3. The number of imidazole rings is 1. The van der Waals surface area contributed by atoms with Crippen molar-refractivity contribution in [3.05, 3.63) is 70.7 Å². The van der Waals surface area contributed by atoms with Gasteiger partial charge in [0.1, 0.15) is 5.78 Å². The molecule has 0 bridgehead atoms. The topological polar surface area (TPSA) is 111 Å². The van der Waals surface area contributed by atoms with Crippen molar-refractivity contribution in [2.75, 3.05) is 0 Å². The largest absolute Gasteiger partial charge is 0.328 e. The maximum atomic E-state index is 14.1. The summed E-state index contributed by atoms with van der Waals surface area (Å²) in [5.41, 5.74) is 4.67. The second kappa shape index (κ2) is 11.9. The van der Waals surface area contributed by atoms with Gasteiger partial charge in [-0.05, 0) is 66.5 Å². The molecular formula is C30H37N7O2. The Bertz CT molecular complexity index is 1470. The second-order valence-corrected chi connectivity index (χ2v) is 10.6. The number of rotatable bonds is 10. The molecular weight excluding hydrogens is 490 g/mol. The van der Waals surface area contributed by atoms with Gasteiger partial charge in [-0.25, -0.2) is 4.79 Å². The molecule has 3 atom stereocenters. The molecule has 3 aromatic heterocycles. The fourth-order valence-corrected chi connectivity index (χ4v) is 6.24. The van der Waals surface area contributed by atoms with E-state index in [1.807, 2.05) is 51.9 Å². The number of carbonyl (C=O) groups excluding carboxylic acids is 1. The summed E-state index contributed by atoms with van der Waals surface area (Å²) in [6.07, 6.45) is 12.4. The Morgan fingerprint density at radius 3 is 2.64 bits per heavy atom. The summed E-state index contributed by atoms with van der Waals surface area (Å²) in [6, 6.07) is 9.81. The van der Waals surface area contributed by atoms with Crippen molar-refractivity contribution in [1.82, 2.24) is 34.7 Å². The Hall–Kier alpha value is -3.88. The first-order valence-electron chi connectivity index (χ1n) is 14.1. The molecule has 1 N–H and O–H groups in total. The van der Waals surface area contributed by atoms with Gasteiger partial charge in [-0.1, -0.05) is 57.4 Å². The minimum atomic E-state index is -0.118. The number of aryl methyl sites for hydroxylation is 1. The zero-order valence-corrected chi connectivity index (χ0v) is 23.0. The van der Waals surface area contributed by atoms with E-state index in [9.17, 15) is 9.59 Å². The number of H-pyrrole nitrogens is 1. The van der Waals surface area contributed by atoms with Gasteiger partial charge in [-0.3, -0.25) is 18.9 Å². The van der Waals surface area contributed by atoms with Crippen LogP contribution in [0.4, 0.5) is 0 Å². The highest BCUT2D eigenvalue weighted by Crippen LogP contribution is 2.40. The van der Waals surface area contributed by atoms with Gasteiger partial charge in [0.2, 0.25) is 5.82 Å². The van der Waals surface area contributed by atoms with E-state index in [-0.39, 0.29) is 23.4 Å². The predicted molar refractivity (Wildman–Crippen MR) is 150 cm³/mol. The molecule has 0 saturated heterocycles. The van der Waals surface area contributed by atoms with E-state index in [1.165, 1.54) is 0 Å². The summed E-state index contributed by atoms with van der Waals surface area (Å²) in [7, 11) is 0. The molecule has 5 rings (SSSR count). The molecule has 0 spiro atoms. The average Bonchev–Trinajstić information content (AvgIpc) is 3.60. The van der Waals surface area contributed by atoms with E-state index in [2.05, 4.69) is 39.5 Å². The maximum Gasteiger partial charge on any atom is 0.328 e. The molecule has 3 heterocycles. The average molecular weight is 528 g/mol. The number of unbranched alkanes of at least 4 members (excludes halogenated alkanes) is 1. The molecule has 0 aliphatic heterocycles. The number of carbonyl (C=O) groups is 1. The third-order valence-corrected chi connectivity index (χ3v) is 8.26. The molecule has 0 radical (unpaired) electrons. The molecule has 1 aliphatic carbocycles. The quantitative estimate of drug-likeness (QED) is 0.302. The summed E-state index contributed by atoms with van der Waals surface area (Å²) in [5.74, 6) is 0.891. The second-order valence-electron chi connectivity index (χ2n) is 10.6. The van der Waals surface area contributed by atoms with Crippen LogP contribution in [0.2, 0.25) is 0 Å². The van der Waals surface area contributed by atoms with Crippen LogP contribution in [-0.2, 0) is 17.8 Å². The smallest absolute Gasteiger partial charge is 0.300 e. The van der Waals surface area contributed by atoms with Gasteiger partial charge in [0.25, 0.3) is 0 Å². The van der Waals surface area contributed by atoms with Crippen molar-refractivity contribution < 1.29 is 4.79 Å². The van der Waals surface area contributed by atoms with Gasteiger partial charge in [-0.15, -0.1) is 10.2 Å². The first-order chi connectivity index (χ1) is 19.0. The van der Waals surface area contributed by atoms with Crippen molar-refractivity contribution in [2.45, 2.75) is 78.3 Å². The predicted octanol–water partition coefficient (Wildman–Crippen LogP) is 5.24. The Labute approximate surface area is 228 Å². The monoisotopic (exact) mass is 527 g/mol. The van der Waals surface area contributed by atoms with Gasteiger partial charge < -0.3 is 0 Å². The third-order valence-electron chi connectivity index (χ3n) is 8.26. The van der Waals surface area contributed by atoms with Crippen LogP contribution < -0.4 is 5.69 Å². The summed E-state index contributed by atoms with van der Waals surface area (Å²) in [6.45, 7) is 6.40. The van der Waals surface area contributed by atoms with Gasteiger partial charge in [0, 0.05) is 35.8 Å². The lowest BCUT2D eigenvalue weighted by Crippen LogP contribution is -2.39. The molecule has 0 amide bonds. The van der Waals surface area contributed by atoms with Crippen LogP contribution >= 0.6 is 0 Å². The number of benzene rings is 1. The number of aromatic amines is 1. The number of pyridine rings is 1. The summed E-state index contributed by atoms with van der Waals surface area (Å²) >= 11 is 0. The number of ketones is 1. The number of nitrogens with zero attached hydrogens (tertiary/aromatic N) is 6. The molecule has 1 fully saturated rings. The van der Waals surface area contributed by atoms with E-state index >= 15 is 0 Å². The molecule has 1 aromatic carbocycles. The Morgan fingerprint density at radius 2 is 1.92 bits per heavy atom. The van der Waals surface area contributed by atoms with Crippen LogP contribution in [0.15, 0.2) is 53.7 Å². The summed E-state index contributed by atoms with van der Waals surface area (Å²) in [5, 5.41) is 14.6. The first-order valence-corrected chi connectivity index (χ1v) is 14.1. The number of hydrogen-bond acceptors (Lipinski definition) is 6. The van der Waals surface area contributed by atoms with Crippen molar-refractivity contribution in [1.29, 1.82) is 0 Å². The lowest BCUT2D eigenvalue weighted by atomic mass is 9.74. The van der Waals surface area contributed by atoms with Crippen LogP contribution in [0, 0.1) is 11.8 Å². The van der Waals surface area contributed by atoms with Gasteiger partial charge >= 0.3 is 5.69 Å². The standard InChI is InChI=1S/C30H37N7O2/c1-4-6-11-23-19-37(28-21(5-2)10-9-14-24(28)20(3)38)30(39)36(23)18-22-17-31-16-15-25(22)26-12-7-8-13-27(26)29-32-34-35-33-29/h7-8,12-13,15-17,19,21,24,28H,4-6,9-11,14,18H2,1-3H3,(H,32,33,34,35). The third kappa shape index (κ3) is 5.35. The van der Waals surface area contributed by atoms with E-state index in [4.69, 9.17) is 0 Å². The van der Waals surface area contributed by atoms with Gasteiger partial charge in [0.05, 0.1) is 12.6 Å². The van der Waals surface area contributed by atoms with E-state index < -0.39 is 0 Å². The zero-order chi connectivity index (χ0) is 27.4. The Balaban J connectivity index is 1.60. The van der Waals surface area contributed by atoms with Crippen molar-refractivity contribution in [3.63, 3.8) is 0 Å². The lowest BCUT2D eigenvalue weighted by Gasteiger charge is -2.37. The number of nitrogens with one attached hydrogen (secondary N) is 1. The fraction of sp³-hybridized carbons (Fsp3) is 0.467. The van der Waals surface area contributed by atoms with Gasteiger partial charge in [0.15, 0.2) is 0 Å². The minimum absolute atomic E-state index is 0.0426. The molecule has 3 unspecified atom stereocenters. The molecule has 4 aromatic rings. The first kappa shape index (κ1) is 26.7. The molecule has 9 nitrogen and oxygen atoms in total. The van der Waals surface area contributed by atoms with Crippen LogP contribution in [0.25, 0.3) is 22.5 Å². The number of Topliss-reactive ketones (excluding diaryl/α,β-unsaturated/α-hetero) is 1. The van der Waals surface area contributed by atoms with E-state index in [0.717, 1.165) is 72.9 Å². The van der Waals surface area contributed by atoms with Crippen LogP contribution in [0.5, 0.6) is 0 Å². The van der Waals surface area contributed by atoms with Crippen molar-refractivity contribution in [2.24, 2.45) is 11.8 Å². The molecule has 1 aliphatic rings. The Kier molecular flexibility index (Phi) is 8.14. The lowest BCUT2D eigenvalue weighted by molar-refractivity contribution is -0.124. The van der Waals surface area contributed by atoms with E-state index in [1.54, 1.807) is 13.1 Å². The van der Waals surface area contributed by atoms with Crippen LogP contribution in [-0.4, -0.2) is 40.5 Å². The molecule has 39 heavy (non-hydrogen) atoms. The van der Waals surface area contributed by atoms with Crippen LogP contribution in [0.1, 0.15) is 76.6 Å². The number of aromatic nitrogens is 7. The van der Waals surface area contributed by atoms with E-state index in [0.29, 0.717) is 18.3 Å².